The van der Waals surface area contributed by atoms with Crippen LogP contribution in [-0.2, 0) is 0 Å². The van der Waals surface area contributed by atoms with Crippen molar-refractivity contribution >= 4 is 28.3 Å². The van der Waals surface area contributed by atoms with Crippen molar-refractivity contribution in [2.45, 2.75) is 25.7 Å². The van der Waals surface area contributed by atoms with Crippen LogP contribution in [-0.4, -0.2) is 41.9 Å². The number of nitrogens with zero attached hydrogens (tertiary/aromatic N) is 2. The summed E-state index contributed by atoms with van der Waals surface area (Å²) < 4.78 is 5.08. The van der Waals surface area contributed by atoms with Gasteiger partial charge in [0, 0.05) is 24.0 Å². The Morgan fingerprint density at radius 3 is 2.44 bits per heavy atom. The number of methoxy groups -OCH3 is 1. The van der Waals surface area contributed by atoms with Crippen LogP contribution in [0.1, 0.15) is 46.5 Å². The van der Waals surface area contributed by atoms with E-state index in [1.54, 1.807) is 36.8 Å². The highest BCUT2D eigenvalue weighted by Gasteiger charge is 2.20. The summed E-state index contributed by atoms with van der Waals surface area (Å²) in [7, 11) is 1.58. The van der Waals surface area contributed by atoms with Gasteiger partial charge in [-0.1, -0.05) is 12.8 Å². The molecule has 3 rings (SSSR count). The molecule has 1 aromatic carbocycles. The second kappa shape index (κ2) is 8.11. The minimum atomic E-state index is -0.259. The van der Waals surface area contributed by atoms with E-state index in [-0.39, 0.29) is 11.8 Å². The lowest BCUT2D eigenvalue weighted by Crippen LogP contribution is -2.32. The molecule has 0 atom stereocenters. The van der Waals surface area contributed by atoms with Crippen molar-refractivity contribution in [1.82, 2.24) is 9.88 Å². The first kappa shape index (κ1) is 17.4. The van der Waals surface area contributed by atoms with Crippen LogP contribution in [0.4, 0.5) is 5.13 Å². The standard InChI is InChI=1S/C18H21N3O3S/c1-24-14-8-6-13(7-9-14)16(22)20-18-19-15(12-25-18)17(23)21-10-4-2-3-5-11-21/h6-9,12H,2-5,10-11H2,1H3,(H,19,20,22). The molecule has 1 aromatic heterocycles. The van der Waals surface area contributed by atoms with E-state index in [9.17, 15) is 9.59 Å². The third-order valence-electron chi connectivity index (χ3n) is 4.19. The number of hydrogen-bond acceptors (Lipinski definition) is 5. The van der Waals surface area contributed by atoms with E-state index in [0.717, 1.165) is 25.9 Å². The minimum Gasteiger partial charge on any atom is -0.497 e. The molecule has 0 bridgehead atoms. The highest BCUT2D eigenvalue weighted by Crippen LogP contribution is 2.20. The molecule has 0 spiro atoms. The van der Waals surface area contributed by atoms with Gasteiger partial charge < -0.3 is 9.64 Å². The first-order valence-electron chi connectivity index (χ1n) is 8.37. The van der Waals surface area contributed by atoms with Crippen LogP contribution in [0.3, 0.4) is 0 Å². The van der Waals surface area contributed by atoms with Gasteiger partial charge in [0.05, 0.1) is 7.11 Å². The largest absolute Gasteiger partial charge is 0.497 e. The van der Waals surface area contributed by atoms with Gasteiger partial charge in [0.2, 0.25) is 0 Å². The average Bonchev–Trinajstić information content (AvgIpc) is 2.93. The Morgan fingerprint density at radius 2 is 1.80 bits per heavy atom. The molecule has 1 aliphatic rings. The van der Waals surface area contributed by atoms with Crippen molar-refractivity contribution in [2.75, 3.05) is 25.5 Å². The van der Waals surface area contributed by atoms with Gasteiger partial charge in [0.1, 0.15) is 11.4 Å². The van der Waals surface area contributed by atoms with Gasteiger partial charge in [0.25, 0.3) is 11.8 Å². The van der Waals surface area contributed by atoms with Gasteiger partial charge in [-0.3, -0.25) is 14.9 Å². The van der Waals surface area contributed by atoms with Crippen LogP contribution < -0.4 is 10.1 Å². The Kier molecular flexibility index (Phi) is 5.65. The molecule has 1 fully saturated rings. The molecule has 0 radical (unpaired) electrons. The first-order chi connectivity index (χ1) is 12.2. The smallest absolute Gasteiger partial charge is 0.273 e. The van der Waals surface area contributed by atoms with Gasteiger partial charge in [-0.05, 0) is 37.1 Å². The van der Waals surface area contributed by atoms with Crippen LogP contribution in [0, 0.1) is 0 Å². The number of anilines is 1. The number of hydrogen-bond donors (Lipinski definition) is 1. The first-order valence-corrected chi connectivity index (χ1v) is 9.25. The van der Waals surface area contributed by atoms with Crippen molar-refractivity contribution in [3.63, 3.8) is 0 Å². The van der Waals surface area contributed by atoms with Crippen molar-refractivity contribution in [1.29, 1.82) is 0 Å². The molecule has 1 aliphatic heterocycles. The van der Waals surface area contributed by atoms with E-state index in [1.807, 2.05) is 4.90 Å². The van der Waals surface area contributed by atoms with E-state index >= 15 is 0 Å². The van der Waals surface area contributed by atoms with Crippen LogP contribution in [0.15, 0.2) is 29.6 Å². The lowest BCUT2D eigenvalue weighted by molar-refractivity contribution is 0.0756. The van der Waals surface area contributed by atoms with Crippen LogP contribution in [0.2, 0.25) is 0 Å². The summed E-state index contributed by atoms with van der Waals surface area (Å²) in [6.45, 7) is 1.56. The third kappa shape index (κ3) is 4.36. The Bertz CT molecular complexity index is 734. The Hall–Kier alpha value is -2.41. The number of ether oxygens (including phenoxy) is 1. The van der Waals surface area contributed by atoms with Gasteiger partial charge in [-0.15, -0.1) is 11.3 Å². The molecule has 0 aliphatic carbocycles. The van der Waals surface area contributed by atoms with Crippen LogP contribution in [0.5, 0.6) is 5.75 Å². The van der Waals surface area contributed by atoms with Crippen molar-refractivity contribution < 1.29 is 14.3 Å². The predicted molar refractivity (Wildman–Crippen MR) is 97.4 cm³/mol. The number of carbonyl (C=O) groups excluding carboxylic acids is 2. The SMILES string of the molecule is COc1ccc(C(=O)Nc2nc(C(=O)N3CCCCCC3)cs2)cc1. The molecular formula is C18H21N3O3S. The maximum Gasteiger partial charge on any atom is 0.273 e. The molecule has 6 nitrogen and oxygen atoms in total. The number of benzene rings is 1. The number of thiazole rings is 1. The molecule has 1 saturated heterocycles. The number of aromatic nitrogens is 1. The monoisotopic (exact) mass is 359 g/mol. The summed E-state index contributed by atoms with van der Waals surface area (Å²) >= 11 is 1.26. The second-order valence-corrected chi connectivity index (χ2v) is 6.79. The number of nitrogens with one attached hydrogen (secondary N) is 1. The lowest BCUT2D eigenvalue weighted by Gasteiger charge is -2.18. The molecular weight excluding hydrogens is 338 g/mol. The third-order valence-corrected chi connectivity index (χ3v) is 4.95. The number of carbonyl (C=O) groups is 2. The van der Waals surface area contributed by atoms with Crippen molar-refractivity contribution in [3.05, 3.63) is 40.9 Å². The molecule has 25 heavy (non-hydrogen) atoms. The van der Waals surface area contributed by atoms with E-state index in [2.05, 4.69) is 10.3 Å². The predicted octanol–water partition coefficient (Wildman–Crippen LogP) is 3.42. The maximum atomic E-state index is 12.5. The molecule has 1 N–H and O–H groups in total. The van der Waals surface area contributed by atoms with E-state index in [0.29, 0.717) is 22.1 Å². The topological polar surface area (TPSA) is 71.5 Å². The summed E-state index contributed by atoms with van der Waals surface area (Å²) in [4.78, 5) is 30.9. The summed E-state index contributed by atoms with van der Waals surface area (Å²) in [6, 6.07) is 6.83. The molecule has 132 valence electrons. The van der Waals surface area contributed by atoms with Crippen molar-refractivity contribution in [2.24, 2.45) is 0 Å². The number of likely N-dealkylation sites (tertiary alicyclic amines) is 1. The molecule has 7 heteroatoms. The zero-order valence-corrected chi connectivity index (χ0v) is 15.0. The fourth-order valence-electron chi connectivity index (χ4n) is 2.78. The summed E-state index contributed by atoms with van der Waals surface area (Å²) in [6.07, 6.45) is 4.42. The van der Waals surface area contributed by atoms with Gasteiger partial charge in [0.15, 0.2) is 5.13 Å². The highest BCUT2D eigenvalue weighted by molar-refractivity contribution is 7.14. The van der Waals surface area contributed by atoms with E-state index in [1.165, 1.54) is 24.2 Å². The molecule has 2 aromatic rings. The van der Waals surface area contributed by atoms with Gasteiger partial charge in [-0.25, -0.2) is 4.98 Å². The summed E-state index contributed by atoms with van der Waals surface area (Å²) in [5.74, 6) is 0.380. The van der Waals surface area contributed by atoms with E-state index < -0.39 is 0 Å². The van der Waals surface area contributed by atoms with Gasteiger partial charge in [-0.2, -0.15) is 0 Å². The molecule has 2 amide bonds. The van der Waals surface area contributed by atoms with Gasteiger partial charge >= 0.3 is 0 Å². The fourth-order valence-corrected chi connectivity index (χ4v) is 3.46. The lowest BCUT2D eigenvalue weighted by atomic mass is 10.2. The number of amides is 2. The van der Waals surface area contributed by atoms with Crippen LogP contribution in [0.25, 0.3) is 0 Å². The summed E-state index contributed by atoms with van der Waals surface area (Å²) in [5.41, 5.74) is 0.910. The Balaban J connectivity index is 1.64. The quantitative estimate of drug-likeness (QED) is 0.908. The highest BCUT2D eigenvalue weighted by atomic mass is 32.1. The zero-order chi connectivity index (χ0) is 17.6. The Morgan fingerprint density at radius 1 is 1.12 bits per heavy atom. The van der Waals surface area contributed by atoms with E-state index in [4.69, 9.17) is 4.74 Å². The van der Waals surface area contributed by atoms with Crippen molar-refractivity contribution in [3.8, 4) is 5.75 Å². The Labute approximate surface area is 150 Å². The maximum absolute atomic E-state index is 12.5. The summed E-state index contributed by atoms with van der Waals surface area (Å²) in [5, 5.41) is 4.88. The second-order valence-electron chi connectivity index (χ2n) is 5.93. The fraction of sp³-hybridized carbons (Fsp3) is 0.389. The average molecular weight is 359 g/mol. The molecule has 0 unspecified atom stereocenters. The number of rotatable bonds is 4. The normalized spacial score (nSPS) is 14.7. The molecule has 2 heterocycles. The molecule has 0 saturated carbocycles. The van der Waals surface area contributed by atoms with Crippen LogP contribution >= 0.6 is 11.3 Å². The minimum absolute atomic E-state index is 0.0527. The zero-order valence-electron chi connectivity index (χ0n) is 14.2.